The van der Waals surface area contributed by atoms with E-state index in [0.717, 1.165) is 39.2 Å². The molecule has 41 heavy (non-hydrogen) atoms. The molecular weight excluding hydrogens is 556 g/mol. The maximum Gasteiger partial charge on any atom is 0.242 e. The number of anilines is 1. The van der Waals surface area contributed by atoms with E-state index in [0.29, 0.717) is 37.1 Å². The Balaban J connectivity index is 1.60. The van der Waals surface area contributed by atoms with E-state index in [-0.39, 0.29) is 29.4 Å². The van der Waals surface area contributed by atoms with Gasteiger partial charge in [0.05, 0.1) is 35.6 Å². The molecule has 0 aliphatic carbocycles. The van der Waals surface area contributed by atoms with Crippen LogP contribution in [0.1, 0.15) is 27.5 Å². The standard InChI is InChI=1S/C32H31ClN4O3S/c1-21-7-13-25(14-8-21)37-32-29(30(34-37)23-9-11-24(33)12-10-23)31(26-6-4-3-5-22(26)2)41-20-28(39)36(32)19-27(38)35-15-17-40-18-16-35/h3-14,31H,15-20H2,1-2H3/t31-/m0/s1. The summed E-state index contributed by atoms with van der Waals surface area (Å²) in [7, 11) is 0. The summed E-state index contributed by atoms with van der Waals surface area (Å²) >= 11 is 7.85. The van der Waals surface area contributed by atoms with Gasteiger partial charge in [-0.1, -0.05) is 65.7 Å². The topological polar surface area (TPSA) is 67.7 Å². The number of aromatic nitrogens is 2. The third-order valence-electron chi connectivity index (χ3n) is 7.61. The lowest BCUT2D eigenvalue weighted by molar-refractivity contribution is -0.134. The van der Waals surface area contributed by atoms with Gasteiger partial charge in [0.1, 0.15) is 12.4 Å². The highest BCUT2D eigenvalue weighted by Crippen LogP contribution is 2.49. The van der Waals surface area contributed by atoms with Crippen molar-refractivity contribution < 1.29 is 14.3 Å². The van der Waals surface area contributed by atoms with Crippen molar-refractivity contribution in [3.05, 3.63) is 100 Å². The van der Waals surface area contributed by atoms with Crippen LogP contribution in [-0.2, 0) is 14.3 Å². The Morgan fingerprint density at radius 1 is 1.00 bits per heavy atom. The largest absolute Gasteiger partial charge is 0.378 e. The number of morpholine rings is 1. The summed E-state index contributed by atoms with van der Waals surface area (Å²) in [4.78, 5) is 30.9. The minimum Gasteiger partial charge on any atom is -0.378 e. The Morgan fingerprint density at radius 2 is 1.71 bits per heavy atom. The third-order valence-corrected chi connectivity index (χ3v) is 9.10. The number of amides is 2. The molecule has 6 rings (SSSR count). The lowest BCUT2D eigenvalue weighted by Gasteiger charge is -2.30. The fourth-order valence-corrected chi connectivity index (χ4v) is 6.80. The second kappa shape index (κ2) is 11.7. The average Bonchev–Trinajstić information content (AvgIpc) is 3.31. The number of ether oxygens (including phenoxy) is 1. The summed E-state index contributed by atoms with van der Waals surface area (Å²) in [5.74, 6) is 0.642. The molecule has 2 aliphatic heterocycles. The SMILES string of the molecule is Cc1ccc(-n2nc(-c3ccc(Cl)cc3)c3c2N(CC(=O)N2CCOCC2)C(=O)CS[C@H]3c2ccccc2C)cc1. The molecule has 210 valence electrons. The van der Waals surface area contributed by atoms with Crippen molar-refractivity contribution >= 4 is 41.0 Å². The van der Waals surface area contributed by atoms with Gasteiger partial charge in [-0.2, -0.15) is 5.10 Å². The van der Waals surface area contributed by atoms with E-state index in [2.05, 4.69) is 19.1 Å². The van der Waals surface area contributed by atoms with E-state index >= 15 is 0 Å². The molecule has 0 unspecified atom stereocenters. The first-order valence-electron chi connectivity index (χ1n) is 13.7. The van der Waals surface area contributed by atoms with Crippen molar-refractivity contribution in [2.45, 2.75) is 19.1 Å². The zero-order valence-electron chi connectivity index (χ0n) is 23.0. The van der Waals surface area contributed by atoms with Crippen molar-refractivity contribution in [1.29, 1.82) is 0 Å². The molecule has 0 spiro atoms. The summed E-state index contributed by atoms with van der Waals surface area (Å²) in [5.41, 5.74) is 6.75. The summed E-state index contributed by atoms with van der Waals surface area (Å²) < 4.78 is 7.29. The quantitative estimate of drug-likeness (QED) is 0.294. The summed E-state index contributed by atoms with van der Waals surface area (Å²) in [6, 6.07) is 23.9. The van der Waals surface area contributed by atoms with Crippen molar-refractivity contribution in [3.63, 3.8) is 0 Å². The van der Waals surface area contributed by atoms with Crippen LogP contribution in [0, 0.1) is 13.8 Å². The zero-order chi connectivity index (χ0) is 28.5. The van der Waals surface area contributed by atoms with Gasteiger partial charge in [-0.3, -0.25) is 14.5 Å². The van der Waals surface area contributed by atoms with Crippen LogP contribution >= 0.6 is 23.4 Å². The molecule has 7 nitrogen and oxygen atoms in total. The average molecular weight is 587 g/mol. The molecule has 2 amide bonds. The second-order valence-corrected chi connectivity index (χ2v) is 11.9. The number of hydrogen-bond donors (Lipinski definition) is 0. The fourth-order valence-electron chi connectivity index (χ4n) is 5.38. The Labute approximate surface area is 249 Å². The Morgan fingerprint density at radius 3 is 2.41 bits per heavy atom. The van der Waals surface area contributed by atoms with E-state index in [1.807, 2.05) is 72.3 Å². The highest BCUT2D eigenvalue weighted by atomic mass is 35.5. The van der Waals surface area contributed by atoms with Gasteiger partial charge in [0.25, 0.3) is 0 Å². The number of benzene rings is 3. The molecule has 1 fully saturated rings. The molecule has 4 aromatic rings. The number of aryl methyl sites for hydroxylation is 2. The minimum absolute atomic E-state index is 0.0650. The van der Waals surface area contributed by atoms with E-state index < -0.39 is 0 Å². The monoisotopic (exact) mass is 586 g/mol. The number of carbonyl (C=O) groups excluding carboxylic acids is 2. The van der Waals surface area contributed by atoms with E-state index in [1.165, 1.54) is 0 Å². The zero-order valence-corrected chi connectivity index (χ0v) is 24.6. The smallest absolute Gasteiger partial charge is 0.242 e. The molecule has 3 heterocycles. The molecule has 0 saturated carbocycles. The summed E-state index contributed by atoms with van der Waals surface area (Å²) in [6.07, 6.45) is 0. The van der Waals surface area contributed by atoms with Crippen LogP contribution in [0.15, 0.2) is 72.8 Å². The van der Waals surface area contributed by atoms with Gasteiger partial charge >= 0.3 is 0 Å². The number of fused-ring (bicyclic) bond motifs is 1. The molecule has 2 aliphatic rings. The summed E-state index contributed by atoms with van der Waals surface area (Å²) in [6.45, 7) is 6.09. The van der Waals surface area contributed by atoms with Crippen LogP contribution in [0.3, 0.4) is 0 Å². The first kappa shape index (κ1) is 27.6. The Kier molecular flexibility index (Phi) is 7.88. The lowest BCUT2D eigenvalue weighted by atomic mass is 9.96. The van der Waals surface area contributed by atoms with Crippen molar-refractivity contribution in [2.75, 3.05) is 43.5 Å². The molecule has 1 saturated heterocycles. The molecular formula is C32H31ClN4O3S. The number of rotatable bonds is 5. The number of nitrogens with zero attached hydrogens (tertiary/aromatic N) is 4. The van der Waals surface area contributed by atoms with E-state index in [4.69, 9.17) is 21.4 Å². The minimum atomic E-state index is -0.177. The number of carbonyl (C=O) groups is 2. The van der Waals surface area contributed by atoms with Gasteiger partial charge in [0, 0.05) is 29.2 Å². The number of thioether (sulfide) groups is 1. The Hall–Kier alpha value is -3.59. The van der Waals surface area contributed by atoms with Gasteiger partial charge in [-0.25, -0.2) is 4.68 Å². The molecule has 3 aromatic carbocycles. The van der Waals surface area contributed by atoms with Gasteiger partial charge in [-0.05, 0) is 49.2 Å². The molecule has 1 atom stereocenters. The number of halogens is 1. The van der Waals surface area contributed by atoms with Crippen molar-refractivity contribution in [3.8, 4) is 16.9 Å². The van der Waals surface area contributed by atoms with Crippen molar-refractivity contribution in [2.24, 2.45) is 0 Å². The van der Waals surface area contributed by atoms with E-state index in [9.17, 15) is 9.59 Å². The van der Waals surface area contributed by atoms with Crippen LogP contribution in [-0.4, -0.2) is 65.1 Å². The van der Waals surface area contributed by atoms with Crippen LogP contribution < -0.4 is 4.90 Å². The van der Waals surface area contributed by atoms with Gasteiger partial charge in [0.15, 0.2) is 0 Å². The van der Waals surface area contributed by atoms with Gasteiger partial charge in [0.2, 0.25) is 11.8 Å². The van der Waals surface area contributed by atoms with Crippen LogP contribution in [0.5, 0.6) is 0 Å². The molecule has 0 bridgehead atoms. The van der Waals surface area contributed by atoms with Crippen LogP contribution in [0.2, 0.25) is 5.02 Å². The number of hydrogen-bond acceptors (Lipinski definition) is 5. The summed E-state index contributed by atoms with van der Waals surface area (Å²) in [5, 5.41) is 5.62. The highest BCUT2D eigenvalue weighted by molar-refractivity contribution is 8.00. The van der Waals surface area contributed by atoms with Crippen molar-refractivity contribution in [1.82, 2.24) is 14.7 Å². The normalized spacial score (nSPS) is 17.3. The van der Waals surface area contributed by atoms with E-state index in [1.54, 1.807) is 21.6 Å². The molecule has 1 aromatic heterocycles. The van der Waals surface area contributed by atoms with Gasteiger partial charge in [-0.15, -0.1) is 11.8 Å². The highest BCUT2D eigenvalue weighted by Gasteiger charge is 2.38. The maximum absolute atomic E-state index is 13.9. The first-order valence-corrected chi connectivity index (χ1v) is 15.1. The molecule has 9 heteroatoms. The van der Waals surface area contributed by atoms with Crippen LogP contribution in [0.4, 0.5) is 5.82 Å². The maximum atomic E-state index is 13.9. The second-order valence-electron chi connectivity index (χ2n) is 10.4. The predicted molar refractivity (Wildman–Crippen MR) is 164 cm³/mol. The molecule has 0 radical (unpaired) electrons. The van der Waals surface area contributed by atoms with Gasteiger partial charge < -0.3 is 9.64 Å². The molecule has 0 N–H and O–H groups in total. The first-order chi connectivity index (χ1) is 19.9. The Bertz CT molecular complexity index is 1580. The predicted octanol–water partition coefficient (Wildman–Crippen LogP) is 5.84. The lowest BCUT2D eigenvalue weighted by Crippen LogP contribution is -2.48. The fraction of sp³-hybridized carbons (Fsp3) is 0.281. The van der Waals surface area contributed by atoms with Crippen LogP contribution in [0.25, 0.3) is 16.9 Å². The third kappa shape index (κ3) is 5.52.